The van der Waals surface area contributed by atoms with E-state index < -0.39 is 0 Å². The van der Waals surface area contributed by atoms with Crippen LogP contribution in [0, 0.1) is 5.82 Å². The number of ether oxygens (including phenoxy) is 3. The van der Waals surface area contributed by atoms with Crippen molar-refractivity contribution < 1.29 is 23.4 Å². The van der Waals surface area contributed by atoms with Crippen molar-refractivity contribution >= 4 is 12.1 Å². The molecule has 0 saturated heterocycles. The van der Waals surface area contributed by atoms with Crippen molar-refractivity contribution in [3.8, 4) is 17.2 Å². The minimum Gasteiger partial charge on any atom is -0.490 e. The second kappa shape index (κ2) is 12.0. The van der Waals surface area contributed by atoms with Crippen LogP contribution in [0.25, 0.3) is 0 Å². The molecule has 1 amide bonds. The van der Waals surface area contributed by atoms with E-state index in [-0.39, 0.29) is 11.7 Å². The van der Waals surface area contributed by atoms with E-state index in [1.54, 1.807) is 42.5 Å². The van der Waals surface area contributed by atoms with Gasteiger partial charge in [0.05, 0.1) is 12.8 Å². The molecule has 0 bridgehead atoms. The first-order chi connectivity index (χ1) is 16.1. The minimum atomic E-state index is -0.383. The van der Waals surface area contributed by atoms with Gasteiger partial charge in [-0.15, -0.1) is 0 Å². The summed E-state index contributed by atoms with van der Waals surface area (Å²) in [5.74, 6) is 0.971. The molecule has 0 aliphatic rings. The Morgan fingerprint density at radius 3 is 2.61 bits per heavy atom. The van der Waals surface area contributed by atoms with Crippen LogP contribution >= 0.6 is 0 Å². The minimum absolute atomic E-state index is 0.287. The molecule has 3 aromatic carbocycles. The van der Waals surface area contributed by atoms with Crippen molar-refractivity contribution in [2.75, 3.05) is 13.2 Å². The number of carbonyl (C=O) groups is 1. The first kappa shape index (κ1) is 23.5. The Bertz CT molecular complexity index is 1110. The summed E-state index contributed by atoms with van der Waals surface area (Å²) in [5.41, 5.74) is 4.49. The van der Waals surface area contributed by atoms with E-state index in [0.29, 0.717) is 42.6 Å². The van der Waals surface area contributed by atoms with E-state index in [0.717, 1.165) is 11.1 Å². The predicted octanol–water partition coefficient (Wildman–Crippen LogP) is 5.13. The van der Waals surface area contributed by atoms with Crippen molar-refractivity contribution in [3.05, 3.63) is 102 Å². The summed E-state index contributed by atoms with van der Waals surface area (Å²) in [6.07, 6.45) is 3.15. The van der Waals surface area contributed by atoms with E-state index in [1.165, 1.54) is 18.3 Å². The van der Waals surface area contributed by atoms with Gasteiger partial charge in [-0.1, -0.05) is 36.9 Å². The molecule has 170 valence electrons. The second-order valence-electron chi connectivity index (χ2n) is 6.88. The molecule has 3 rings (SSSR count). The molecule has 33 heavy (non-hydrogen) atoms. The van der Waals surface area contributed by atoms with Gasteiger partial charge in [0.1, 0.15) is 24.8 Å². The van der Waals surface area contributed by atoms with Gasteiger partial charge in [-0.05, 0) is 60.5 Å². The lowest BCUT2D eigenvalue weighted by molar-refractivity contribution is 0.0954. The number of hydrogen-bond donors (Lipinski definition) is 1. The molecule has 7 heteroatoms. The summed E-state index contributed by atoms with van der Waals surface area (Å²) in [5, 5.41) is 4.03. The highest BCUT2D eigenvalue weighted by Crippen LogP contribution is 2.28. The van der Waals surface area contributed by atoms with Crippen LogP contribution in [0.4, 0.5) is 4.39 Å². The van der Waals surface area contributed by atoms with Crippen LogP contribution < -0.4 is 19.6 Å². The van der Waals surface area contributed by atoms with Crippen molar-refractivity contribution in [2.24, 2.45) is 5.10 Å². The van der Waals surface area contributed by atoms with Crippen molar-refractivity contribution in [2.45, 2.75) is 13.5 Å². The van der Waals surface area contributed by atoms with E-state index in [4.69, 9.17) is 14.2 Å². The van der Waals surface area contributed by atoms with Crippen molar-refractivity contribution in [3.63, 3.8) is 0 Å². The fourth-order valence-electron chi connectivity index (χ4n) is 2.85. The molecule has 0 saturated carbocycles. The molecule has 0 unspecified atom stereocenters. The lowest BCUT2D eigenvalue weighted by Gasteiger charge is -2.12. The Morgan fingerprint density at radius 1 is 1.03 bits per heavy atom. The highest BCUT2D eigenvalue weighted by atomic mass is 19.1. The number of nitrogens with zero attached hydrogens (tertiary/aromatic N) is 1. The van der Waals surface area contributed by atoms with Gasteiger partial charge < -0.3 is 14.2 Å². The van der Waals surface area contributed by atoms with Gasteiger partial charge in [0.2, 0.25) is 0 Å². The largest absolute Gasteiger partial charge is 0.490 e. The van der Waals surface area contributed by atoms with E-state index in [1.807, 2.05) is 25.1 Å². The Kier molecular flexibility index (Phi) is 8.59. The molecule has 1 N–H and O–H groups in total. The number of halogens is 1. The number of rotatable bonds is 11. The Balaban J connectivity index is 1.59. The van der Waals surface area contributed by atoms with Crippen LogP contribution in [0.15, 0.2) is 84.5 Å². The Hall–Kier alpha value is -4.13. The third-order valence-electron chi connectivity index (χ3n) is 4.42. The zero-order valence-electron chi connectivity index (χ0n) is 18.3. The topological polar surface area (TPSA) is 69.2 Å². The normalized spacial score (nSPS) is 10.6. The third-order valence-corrected chi connectivity index (χ3v) is 4.42. The van der Waals surface area contributed by atoms with Crippen LogP contribution in [-0.2, 0) is 6.61 Å². The summed E-state index contributed by atoms with van der Waals surface area (Å²) in [4.78, 5) is 12.5. The first-order valence-electron chi connectivity index (χ1n) is 10.4. The Labute approximate surface area is 192 Å². The molecule has 0 aliphatic carbocycles. The zero-order chi connectivity index (χ0) is 23.5. The Morgan fingerprint density at radius 2 is 1.85 bits per heavy atom. The van der Waals surface area contributed by atoms with Gasteiger partial charge in [-0.2, -0.15) is 5.10 Å². The lowest BCUT2D eigenvalue weighted by atomic mass is 10.2. The number of hydrogen-bond acceptors (Lipinski definition) is 5. The molecule has 0 radical (unpaired) electrons. The summed E-state index contributed by atoms with van der Waals surface area (Å²) in [7, 11) is 0. The maximum absolute atomic E-state index is 13.0. The van der Waals surface area contributed by atoms with Gasteiger partial charge in [0.25, 0.3) is 5.91 Å². The van der Waals surface area contributed by atoms with Crippen LogP contribution in [0.2, 0.25) is 0 Å². The standard InChI is InChI=1S/C26H25FN2O4/c1-3-14-32-24-13-10-21(16-25(24)31-4-2)26(30)29-28-17-20-6-5-7-23(15-20)33-18-19-8-11-22(27)12-9-19/h3,5-13,15-17H,1,4,14,18H2,2H3,(H,29,30)/b28-17+. The smallest absolute Gasteiger partial charge is 0.271 e. The summed E-state index contributed by atoms with van der Waals surface area (Å²) in [6, 6.07) is 18.3. The molecule has 6 nitrogen and oxygen atoms in total. The molecular weight excluding hydrogens is 423 g/mol. The highest BCUT2D eigenvalue weighted by molar-refractivity contribution is 5.95. The fraction of sp³-hybridized carbons (Fsp3) is 0.154. The van der Waals surface area contributed by atoms with Gasteiger partial charge >= 0.3 is 0 Å². The molecule has 0 atom stereocenters. The summed E-state index contributed by atoms with van der Waals surface area (Å²) in [6.45, 7) is 6.56. The van der Waals surface area contributed by atoms with Crippen LogP contribution in [-0.4, -0.2) is 25.3 Å². The molecule has 0 fully saturated rings. The van der Waals surface area contributed by atoms with Gasteiger partial charge in [-0.3, -0.25) is 4.79 Å². The van der Waals surface area contributed by atoms with Crippen molar-refractivity contribution in [1.29, 1.82) is 0 Å². The maximum Gasteiger partial charge on any atom is 0.271 e. The van der Waals surface area contributed by atoms with Gasteiger partial charge in [0, 0.05) is 5.56 Å². The monoisotopic (exact) mass is 448 g/mol. The van der Waals surface area contributed by atoms with Gasteiger partial charge in [0.15, 0.2) is 11.5 Å². The molecule has 0 spiro atoms. The predicted molar refractivity (Wildman–Crippen MR) is 126 cm³/mol. The van der Waals surface area contributed by atoms with E-state index >= 15 is 0 Å². The van der Waals surface area contributed by atoms with E-state index in [2.05, 4.69) is 17.1 Å². The summed E-state index contributed by atoms with van der Waals surface area (Å²) >= 11 is 0. The number of amides is 1. The zero-order valence-corrected chi connectivity index (χ0v) is 18.3. The van der Waals surface area contributed by atoms with Crippen molar-refractivity contribution in [1.82, 2.24) is 5.43 Å². The fourth-order valence-corrected chi connectivity index (χ4v) is 2.85. The molecule has 0 aromatic heterocycles. The summed E-state index contributed by atoms with van der Waals surface area (Å²) < 4.78 is 29.9. The SMILES string of the molecule is C=CCOc1ccc(C(=O)N/N=C/c2cccc(OCc3ccc(F)cc3)c2)cc1OCC. The molecule has 0 heterocycles. The lowest BCUT2D eigenvalue weighted by Crippen LogP contribution is -2.17. The number of hydrazone groups is 1. The van der Waals surface area contributed by atoms with E-state index in [9.17, 15) is 9.18 Å². The third kappa shape index (κ3) is 7.21. The van der Waals surface area contributed by atoms with Gasteiger partial charge in [-0.25, -0.2) is 9.82 Å². The van der Waals surface area contributed by atoms with Crippen LogP contribution in [0.1, 0.15) is 28.4 Å². The highest BCUT2D eigenvalue weighted by Gasteiger charge is 2.11. The maximum atomic E-state index is 13.0. The number of carbonyl (C=O) groups excluding carboxylic acids is 1. The number of benzene rings is 3. The average molecular weight is 448 g/mol. The molecular formula is C26H25FN2O4. The van der Waals surface area contributed by atoms with Crippen LogP contribution in [0.5, 0.6) is 17.2 Å². The molecule has 3 aromatic rings. The quantitative estimate of drug-likeness (QED) is 0.251. The molecule has 0 aliphatic heterocycles. The number of nitrogens with one attached hydrogen (secondary N) is 1. The first-order valence-corrected chi connectivity index (χ1v) is 10.4. The second-order valence-corrected chi connectivity index (χ2v) is 6.88. The van der Waals surface area contributed by atoms with Crippen LogP contribution in [0.3, 0.4) is 0 Å². The average Bonchev–Trinajstić information content (AvgIpc) is 2.83.